The molecule has 8 nitrogen and oxygen atoms in total. The summed E-state index contributed by atoms with van der Waals surface area (Å²) >= 11 is 0. The highest BCUT2D eigenvalue weighted by atomic mass is 19.4. The number of carboxylic acids is 2. The summed E-state index contributed by atoms with van der Waals surface area (Å²) in [6.07, 6.45) is -4.36. The lowest BCUT2D eigenvalue weighted by Crippen LogP contribution is -2.32. The molecule has 1 atom stereocenters. The Kier molecular flexibility index (Phi) is 8.35. The molecule has 0 saturated carbocycles. The Bertz CT molecular complexity index is 911. The van der Waals surface area contributed by atoms with Crippen LogP contribution in [0.1, 0.15) is 28.4 Å². The molecule has 0 aromatic heterocycles. The van der Waals surface area contributed by atoms with E-state index in [1.165, 1.54) is 12.1 Å². The molecule has 0 bridgehead atoms. The molecule has 0 fully saturated rings. The van der Waals surface area contributed by atoms with Gasteiger partial charge in [-0.25, -0.2) is 4.79 Å². The Hall–Kier alpha value is -3.60. The van der Waals surface area contributed by atoms with Gasteiger partial charge in [0.05, 0.1) is 5.56 Å². The summed E-state index contributed by atoms with van der Waals surface area (Å²) in [6.45, 7) is 0.964. The Balaban J connectivity index is 0.000000311. The van der Waals surface area contributed by atoms with Crippen molar-refractivity contribution in [2.24, 2.45) is 5.73 Å². The van der Waals surface area contributed by atoms with E-state index < -0.39 is 47.0 Å². The quantitative estimate of drug-likeness (QED) is 0.419. The van der Waals surface area contributed by atoms with Crippen LogP contribution in [0.5, 0.6) is 11.5 Å². The largest absolute Gasteiger partial charge is 0.508 e. The van der Waals surface area contributed by atoms with Gasteiger partial charge in [-0.1, -0.05) is 12.1 Å². The summed E-state index contributed by atoms with van der Waals surface area (Å²) in [5, 5.41) is 26.2. The van der Waals surface area contributed by atoms with Crippen LogP contribution >= 0.6 is 0 Å². The molecule has 0 amide bonds. The number of hydrogen-bond acceptors (Lipinski definition) is 6. The molecule has 0 aliphatic heterocycles. The zero-order chi connectivity index (χ0) is 23.1. The number of aliphatic carboxylic acids is 1. The third kappa shape index (κ3) is 7.80. The average molecular weight is 429 g/mol. The third-order valence-corrected chi connectivity index (χ3v) is 3.50. The van der Waals surface area contributed by atoms with Gasteiger partial charge in [-0.3, -0.25) is 9.59 Å². The van der Waals surface area contributed by atoms with E-state index >= 15 is 0 Å². The molecule has 30 heavy (non-hydrogen) atoms. The van der Waals surface area contributed by atoms with Crippen LogP contribution in [0.4, 0.5) is 13.2 Å². The topological polar surface area (TPSA) is 147 Å². The highest BCUT2D eigenvalue weighted by molar-refractivity contribution is 5.92. The van der Waals surface area contributed by atoms with E-state index in [9.17, 15) is 27.6 Å². The van der Waals surface area contributed by atoms with Gasteiger partial charge in [0.25, 0.3) is 0 Å². The number of phenolic OH excluding ortho intramolecular Hbond substituents is 1. The van der Waals surface area contributed by atoms with Crippen LogP contribution in [0.15, 0.2) is 42.5 Å². The zero-order valence-electron chi connectivity index (χ0n) is 15.5. The van der Waals surface area contributed by atoms with Gasteiger partial charge in [0.15, 0.2) is 0 Å². The van der Waals surface area contributed by atoms with Crippen molar-refractivity contribution in [2.45, 2.75) is 25.6 Å². The number of halogens is 3. The van der Waals surface area contributed by atoms with Crippen molar-refractivity contribution in [1.29, 1.82) is 0 Å². The van der Waals surface area contributed by atoms with Crippen LogP contribution in [-0.4, -0.2) is 39.3 Å². The van der Waals surface area contributed by atoms with E-state index in [0.29, 0.717) is 12.1 Å². The van der Waals surface area contributed by atoms with Crippen molar-refractivity contribution in [3.05, 3.63) is 59.2 Å². The van der Waals surface area contributed by atoms with Gasteiger partial charge in [-0.15, -0.1) is 0 Å². The fraction of sp³-hybridized carbons (Fsp3) is 0.211. The average Bonchev–Trinajstić information content (AvgIpc) is 2.62. The Morgan fingerprint density at radius 1 is 1.07 bits per heavy atom. The summed E-state index contributed by atoms with van der Waals surface area (Å²) in [7, 11) is 0. The van der Waals surface area contributed by atoms with Crippen LogP contribution in [0, 0.1) is 0 Å². The van der Waals surface area contributed by atoms with Crippen molar-refractivity contribution in [3.63, 3.8) is 0 Å². The summed E-state index contributed by atoms with van der Waals surface area (Å²) < 4.78 is 41.5. The monoisotopic (exact) mass is 429 g/mol. The Morgan fingerprint density at radius 3 is 2.07 bits per heavy atom. The predicted molar refractivity (Wildman–Crippen MR) is 97.1 cm³/mol. The smallest absolute Gasteiger partial charge is 0.416 e. The molecule has 2 aromatic carbocycles. The standard InChI is InChI=1S/C10H7F3O4.C9H11NO3/c1-5(14)17-8-4-6(10(11,12)13)2-3-7(8)9(15)16;10-8(9(12)13)5-6-1-3-7(11)4-2-6/h2-4H,1H3,(H,15,16);1-4,8,11H,5,10H2,(H,12,13)/t;8-/m.0/s1. The second-order valence-corrected chi connectivity index (χ2v) is 5.92. The van der Waals surface area contributed by atoms with Gasteiger partial charge in [0.2, 0.25) is 0 Å². The first-order valence-electron chi connectivity index (χ1n) is 8.20. The van der Waals surface area contributed by atoms with E-state index in [4.69, 9.17) is 21.1 Å². The molecule has 0 spiro atoms. The number of alkyl halides is 3. The lowest BCUT2D eigenvalue weighted by atomic mass is 10.1. The number of benzene rings is 2. The minimum absolute atomic E-state index is 0.160. The molecule has 5 N–H and O–H groups in total. The third-order valence-electron chi connectivity index (χ3n) is 3.50. The lowest BCUT2D eigenvalue weighted by molar-refractivity contribution is -0.139. The number of aromatic carboxylic acids is 1. The number of rotatable bonds is 5. The van der Waals surface area contributed by atoms with Crippen LogP contribution in [0.25, 0.3) is 0 Å². The summed E-state index contributed by atoms with van der Waals surface area (Å²) in [6, 6.07) is 7.25. The number of ether oxygens (including phenoxy) is 1. The minimum atomic E-state index is -4.63. The predicted octanol–water partition coefficient (Wildman–Crippen LogP) is 2.68. The van der Waals surface area contributed by atoms with Gasteiger partial charge in [-0.2, -0.15) is 13.2 Å². The summed E-state index contributed by atoms with van der Waals surface area (Å²) in [4.78, 5) is 31.7. The molecule has 11 heteroatoms. The van der Waals surface area contributed by atoms with E-state index in [-0.39, 0.29) is 12.2 Å². The van der Waals surface area contributed by atoms with Gasteiger partial charge in [0.1, 0.15) is 23.1 Å². The molecule has 2 aromatic rings. The van der Waals surface area contributed by atoms with Crippen LogP contribution < -0.4 is 10.5 Å². The zero-order valence-corrected chi connectivity index (χ0v) is 15.5. The van der Waals surface area contributed by atoms with Crippen LogP contribution in [0.3, 0.4) is 0 Å². The number of phenols is 1. The van der Waals surface area contributed by atoms with Crippen LogP contribution in [-0.2, 0) is 22.2 Å². The maximum Gasteiger partial charge on any atom is 0.416 e. The normalized spacial score (nSPS) is 11.6. The second kappa shape index (κ2) is 10.3. The summed E-state index contributed by atoms with van der Waals surface area (Å²) in [5.74, 6) is -3.86. The molecule has 0 heterocycles. The molecule has 162 valence electrons. The molecule has 0 aliphatic carbocycles. The first kappa shape index (κ1) is 24.4. The Morgan fingerprint density at radius 2 is 1.63 bits per heavy atom. The SMILES string of the molecule is CC(=O)Oc1cc(C(F)(F)F)ccc1C(=O)O.N[C@@H](Cc1ccc(O)cc1)C(=O)O. The maximum atomic E-state index is 12.4. The molecular formula is C19H18F3NO7. The highest BCUT2D eigenvalue weighted by Crippen LogP contribution is 2.33. The number of carboxylic acid groups (broad SMARTS) is 2. The molecular weight excluding hydrogens is 411 g/mol. The van der Waals surface area contributed by atoms with Crippen molar-refractivity contribution >= 4 is 17.9 Å². The second-order valence-electron chi connectivity index (χ2n) is 5.92. The number of hydrogen-bond donors (Lipinski definition) is 4. The minimum Gasteiger partial charge on any atom is -0.508 e. The van der Waals surface area contributed by atoms with Gasteiger partial charge in [0, 0.05) is 6.92 Å². The van der Waals surface area contributed by atoms with Gasteiger partial charge >= 0.3 is 24.1 Å². The maximum absolute atomic E-state index is 12.4. The molecule has 2 rings (SSSR count). The molecule has 0 unspecified atom stereocenters. The van der Waals surface area contributed by atoms with Crippen molar-refractivity contribution in [3.8, 4) is 11.5 Å². The Labute approximate surface area is 168 Å². The van der Waals surface area contributed by atoms with E-state index in [0.717, 1.165) is 18.6 Å². The molecule has 0 saturated heterocycles. The summed E-state index contributed by atoms with van der Waals surface area (Å²) in [5.41, 5.74) is 4.53. The lowest BCUT2D eigenvalue weighted by Gasteiger charge is -2.10. The highest BCUT2D eigenvalue weighted by Gasteiger charge is 2.32. The van der Waals surface area contributed by atoms with E-state index in [1.54, 1.807) is 12.1 Å². The van der Waals surface area contributed by atoms with Crippen molar-refractivity contribution < 1.29 is 47.6 Å². The first-order valence-corrected chi connectivity index (χ1v) is 8.20. The number of carbonyl (C=O) groups is 3. The number of esters is 1. The first-order chi connectivity index (χ1) is 13.8. The fourth-order valence-electron chi connectivity index (χ4n) is 2.09. The molecule has 0 radical (unpaired) electrons. The van der Waals surface area contributed by atoms with E-state index in [1.807, 2.05) is 0 Å². The number of nitrogens with two attached hydrogens (primary N) is 1. The fourth-order valence-corrected chi connectivity index (χ4v) is 2.09. The van der Waals surface area contributed by atoms with Crippen molar-refractivity contribution in [1.82, 2.24) is 0 Å². The molecule has 0 aliphatic rings. The number of aromatic hydroxyl groups is 1. The van der Waals surface area contributed by atoms with Gasteiger partial charge in [-0.05, 0) is 42.3 Å². The van der Waals surface area contributed by atoms with Gasteiger partial charge < -0.3 is 25.8 Å². The van der Waals surface area contributed by atoms with E-state index in [2.05, 4.69) is 4.74 Å². The van der Waals surface area contributed by atoms with Crippen LogP contribution in [0.2, 0.25) is 0 Å². The van der Waals surface area contributed by atoms with Crippen molar-refractivity contribution in [2.75, 3.05) is 0 Å². The number of carbonyl (C=O) groups excluding carboxylic acids is 1.